The first kappa shape index (κ1) is 20.8. The Bertz CT molecular complexity index is 1560. The summed E-state index contributed by atoms with van der Waals surface area (Å²) in [4.78, 5) is 23.5. The van der Waals surface area contributed by atoms with E-state index in [4.69, 9.17) is 11.6 Å². The molecule has 2 aromatic heterocycles. The maximum atomic E-state index is 13.5. The normalized spacial score (nSPS) is 23.2. The van der Waals surface area contributed by atoms with Crippen molar-refractivity contribution in [1.29, 1.82) is 0 Å². The zero-order valence-corrected chi connectivity index (χ0v) is 22.7. The van der Waals surface area contributed by atoms with Crippen LogP contribution in [-0.4, -0.2) is 60.0 Å². The number of hydrogen-bond acceptors (Lipinski definition) is 8. The highest BCUT2D eigenvalue weighted by molar-refractivity contribution is 7.95. The van der Waals surface area contributed by atoms with E-state index < -0.39 is 40.6 Å². The summed E-state index contributed by atoms with van der Waals surface area (Å²) in [6, 6.07) is 4.47. The van der Waals surface area contributed by atoms with E-state index in [0.29, 0.717) is 12.5 Å². The molecule has 10 nitrogen and oxygen atoms in total. The van der Waals surface area contributed by atoms with Crippen LogP contribution in [0.25, 0.3) is 5.82 Å². The maximum absolute atomic E-state index is 13.5. The molecule has 1 amide bonds. The van der Waals surface area contributed by atoms with Crippen LogP contribution in [0.5, 0.6) is 5.88 Å². The summed E-state index contributed by atoms with van der Waals surface area (Å²) in [5.74, 6) is -1.93. The number of anilines is 1. The Balaban J connectivity index is 1.79. The summed E-state index contributed by atoms with van der Waals surface area (Å²) in [5, 5.41) is 4.40. The van der Waals surface area contributed by atoms with E-state index in [1.807, 2.05) is 20.8 Å². The Morgan fingerprint density at radius 3 is 2.70 bits per heavy atom. The number of carbonyl (C=O) groups is 1. The van der Waals surface area contributed by atoms with Gasteiger partial charge in [0.05, 0.1) is 24.4 Å². The van der Waals surface area contributed by atoms with Crippen LogP contribution >= 0.6 is 0 Å². The number of nitrogens with one attached hydrogen (secondary N) is 1. The van der Waals surface area contributed by atoms with Gasteiger partial charge in [-0.1, -0.05) is 27.6 Å². The van der Waals surface area contributed by atoms with Gasteiger partial charge in [0.1, 0.15) is 10.7 Å². The van der Waals surface area contributed by atoms with Crippen LogP contribution in [0.2, 0.25) is 0 Å². The fourth-order valence-electron chi connectivity index (χ4n) is 4.09. The van der Waals surface area contributed by atoms with E-state index in [1.165, 1.54) is 48.6 Å². The molecule has 2 aliphatic rings. The summed E-state index contributed by atoms with van der Waals surface area (Å²) >= 11 is 0. The van der Waals surface area contributed by atoms with Crippen molar-refractivity contribution < 1.29 is 24.8 Å². The molecule has 0 radical (unpaired) electrons. The number of amides is 1. The van der Waals surface area contributed by atoms with Crippen LogP contribution in [0.4, 0.5) is 5.82 Å². The first-order valence-corrected chi connectivity index (χ1v) is 13.4. The van der Waals surface area contributed by atoms with Crippen molar-refractivity contribution in [2.45, 2.75) is 60.3 Å². The molecule has 1 fully saturated rings. The van der Waals surface area contributed by atoms with Gasteiger partial charge in [0.25, 0.3) is 15.9 Å². The SMILES string of the molecule is [2H]C([2H])([2H])[C@@H]1CN(c2nc(-n3ccc(OCC(C)(C)C)n3)ccc2C(=O)NS(=O)(=O)C2=CCN=C2C)C(C)(C)C1([2H])[2H]. The van der Waals surface area contributed by atoms with E-state index in [9.17, 15) is 13.2 Å². The molecule has 0 aliphatic carbocycles. The van der Waals surface area contributed by atoms with Gasteiger partial charge >= 0.3 is 0 Å². The monoisotopic (exact) mass is 533 g/mol. The van der Waals surface area contributed by atoms with E-state index in [-0.39, 0.29) is 46.3 Å². The molecule has 2 aromatic rings. The summed E-state index contributed by atoms with van der Waals surface area (Å²) in [7, 11) is -4.27. The van der Waals surface area contributed by atoms with Crippen molar-refractivity contribution in [3.05, 3.63) is 40.9 Å². The van der Waals surface area contributed by atoms with E-state index in [2.05, 4.69) is 19.8 Å². The Morgan fingerprint density at radius 2 is 2.08 bits per heavy atom. The van der Waals surface area contributed by atoms with Crippen LogP contribution in [0.15, 0.2) is 40.4 Å². The molecule has 0 aromatic carbocycles. The molecular formula is C26H36N6O4S. The molecule has 4 heterocycles. The standard InChI is InChI=1S/C26H36N6O4S/c1-17-14-26(6,7)31(15-17)23-19(24(33)30-37(34,35)20-10-12-27-18(20)2)8-9-21(28-23)32-13-11-22(29-32)36-16-25(3,4)5/h8-11,13,17H,12,14-16H2,1-7H3,(H,30,33)/t17-/m0/s1/i1D3,14D2. The average molecular weight is 534 g/mol. The lowest BCUT2D eigenvalue weighted by molar-refractivity contribution is 0.0982. The second-order valence-electron chi connectivity index (χ2n) is 10.8. The minimum absolute atomic E-state index is 0.0840. The Kier molecular flexibility index (Phi) is 5.39. The highest BCUT2D eigenvalue weighted by atomic mass is 32.2. The number of aliphatic imine (C=N–C) groups is 1. The largest absolute Gasteiger partial charge is 0.476 e. The van der Waals surface area contributed by atoms with Gasteiger partial charge in [-0.05, 0) is 56.7 Å². The number of rotatable bonds is 7. The van der Waals surface area contributed by atoms with Crippen LogP contribution in [0.3, 0.4) is 0 Å². The van der Waals surface area contributed by atoms with Crippen LogP contribution < -0.4 is 14.4 Å². The Hall–Kier alpha value is -3.21. The molecule has 0 unspecified atom stereocenters. The highest BCUT2D eigenvalue weighted by Gasteiger charge is 2.39. The number of aromatic nitrogens is 3. The molecule has 11 heteroatoms. The second-order valence-corrected chi connectivity index (χ2v) is 12.4. The number of sulfonamides is 1. The summed E-state index contributed by atoms with van der Waals surface area (Å²) < 4.78 is 76.7. The number of pyridine rings is 1. The van der Waals surface area contributed by atoms with E-state index >= 15 is 0 Å². The number of nitrogens with zero attached hydrogens (tertiary/aromatic N) is 5. The molecule has 200 valence electrons. The molecule has 2 aliphatic heterocycles. The third-order valence-corrected chi connectivity index (χ3v) is 7.35. The Labute approximate surface area is 225 Å². The first-order chi connectivity index (χ1) is 19.1. The third-order valence-electron chi connectivity index (χ3n) is 5.86. The van der Waals surface area contributed by atoms with Crippen molar-refractivity contribution in [2.24, 2.45) is 16.3 Å². The van der Waals surface area contributed by atoms with Crippen molar-refractivity contribution in [1.82, 2.24) is 19.5 Å². The molecule has 1 saturated heterocycles. The maximum Gasteiger partial charge on any atom is 0.268 e. The fourth-order valence-corrected chi connectivity index (χ4v) is 5.30. The van der Waals surface area contributed by atoms with Gasteiger partial charge in [0.15, 0.2) is 5.82 Å². The van der Waals surface area contributed by atoms with E-state index in [0.717, 1.165) is 0 Å². The second kappa shape index (κ2) is 9.59. The van der Waals surface area contributed by atoms with Gasteiger partial charge in [-0.15, -0.1) is 5.10 Å². The van der Waals surface area contributed by atoms with Gasteiger partial charge in [-0.3, -0.25) is 9.79 Å². The van der Waals surface area contributed by atoms with Crippen molar-refractivity contribution in [3.63, 3.8) is 0 Å². The third kappa shape index (κ3) is 5.87. The molecule has 37 heavy (non-hydrogen) atoms. The molecule has 4 rings (SSSR count). The minimum atomic E-state index is -4.27. The summed E-state index contributed by atoms with van der Waals surface area (Å²) in [5.41, 5.74) is -1.47. The molecule has 0 bridgehead atoms. The zero-order valence-electron chi connectivity index (χ0n) is 26.9. The van der Waals surface area contributed by atoms with Gasteiger partial charge in [0, 0.05) is 31.2 Å². The summed E-state index contributed by atoms with van der Waals surface area (Å²) in [6.45, 7) is 8.27. The first-order valence-electron chi connectivity index (χ1n) is 14.4. The number of ether oxygens (including phenoxy) is 1. The number of carbonyl (C=O) groups excluding carboxylic acids is 1. The smallest absolute Gasteiger partial charge is 0.268 e. The van der Waals surface area contributed by atoms with Gasteiger partial charge < -0.3 is 9.64 Å². The van der Waals surface area contributed by atoms with Gasteiger partial charge in [-0.2, -0.15) is 0 Å². The van der Waals surface area contributed by atoms with Crippen LogP contribution in [0, 0.1) is 11.3 Å². The summed E-state index contributed by atoms with van der Waals surface area (Å²) in [6.07, 6.45) is 0.767. The topological polar surface area (TPSA) is 119 Å². The quantitative estimate of drug-likeness (QED) is 0.576. The zero-order chi connectivity index (χ0) is 31.5. The lowest BCUT2D eigenvalue weighted by Gasteiger charge is -2.34. The van der Waals surface area contributed by atoms with Crippen molar-refractivity contribution in [3.8, 4) is 11.7 Å². The minimum Gasteiger partial charge on any atom is -0.476 e. The van der Waals surface area contributed by atoms with Crippen molar-refractivity contribution in [2.75, 3.05) is 24.6 Å². The van der Waals surface area contributed by atoms with Crippen molar-refractivity contribution >= 4 is 27.5 Å². The molecule has 0 saturated carbocycles. The van der Waals surface area contributed by atoms with Gasteiger partial charge in [-0.25, -0.2) is 22.8 Å². The Morgan fingerprint density at radius 1 is 1.32 bits per heavy atom. The van der Waals surface area contributed by atoms with Gasteiger partial charge in [0.2, 0.25) is 5.88 Å². The average Bonchev–Trinajstić information content (AvgIpc) is 3.54. The molecule has 1 atom stereocenters. The highest BCUT2D eigenvalue weighted by Crippen LogP contribution is 2.37. The predicted molar refractivity (Wildman–Crippen MR) is 144 cm³/mol. The van der Waals surface area contributed by atoms with Crippen LogP contribution in [0.1, 0.15) is 72.0 Å². The van der Waals surface area contributed by atoms with E-state index in [1.54, 1.807) is 12.3 Å². The lowest BCUT2D eigenvalue weighted by atomic mass is 9.97. The molecule has 1 N–H and O–H groups in total. The number of allylic oxidation sites excluding steroid dienone is 1. The fraction of sp³-hybridized carbons (Fsp3) is 0.538. The predicted octanol–water partition coefficient (Wildman–Crippen LogP) is 3.74. The molecule has 0 spiro atoms. The molecular weight excluding hydrogens is 492 g/mol. The van der Waals surface area contributed by atoms with Crippen LogP contribution in [-0.2, 0) is 10.0 Å². The lowest BCUT2D eigenvalue weighted by Crippen LogP contribution is -2.41. The number of hydrogen-bond donors (Lipinski definition) is 1.